The zero-order chi connectivity index (χ0) is 9.68. The molecular formula is C10H15NO2. The van der Waals surface area contributed by atoms with E-state index in [0.717, 1.165) is 23.6 Å². The molecule has 0 aromatic heterocycles. The first-order valence-corrected chi connectivity index (χ1v) is 4.18. The summed E-state index contributed by atoms with van der Waals surface area (Å²) in [6.07, 6.45) is 0. The van der Waals surface area contributed by atoms with Gasteiger partial charge in [-0.25, -0.2) is 0 Å². The second-order valence-electron chi connectivity index (χ2n) is 2.67. The van der Waals surface area contributed by atoms with Gasteiger partial charge >= 0.3 is 0 Å². The van der Waals surface area contributed by atoms with Gasteiger partial charge in [0.25, 0.3) is 0 Å². The molecule has 1 N–H and O–H groups in total. The predicted octanol–water partition coefficient (Wildman–Crippen LogP) is 1.42. The van der Waals surface area contributed by atoms with Crippen LogP contribution in [0.4, 0.5) is 0 Å². The summed E-state index contributed by atoms with van der Waals surface area (Å²) in [5, 5.41) is 3.07. The van der Waals surface area contributed by atoms with Gasteiger partial charge in [0, 0.05) is 12.1 Å². The molecule has 0 atom stereocenters. The second-order valence-corrected chi connectivity index (χ2v) is 2.67. The molecule has 0 unspecified atom stereocenters. The van der Waals surface area contributed by atoms with E-state index in [0.29, 0.717) is 0 Å². The monoisotopic (exact) mass is 181 g/mol. The summed E-state index contributed by atoms with van der Waals surface area (Å²) < 4.78 is 10.4. The van der Waals surface area contributed by atoms with Crippen molar-refractivity contribution >= 4 is 0 Å². The van der Waals surface area contributed by atoms with E-state index >= 15 is 0 Å². The van der Waals surface area contributed by atoms with E-state index in [9.17, 15) is 0 Å². The molecule has 0 aliphatic rings. The highest BCUT2D eigenvalue weighted by atomic mass is 16.5. The number of nitrogens with one attached hydrogen (secondary N) is 1. The molecule has 0 spiro atoms. The van der Waals surface area contributed by atoms with Gasteiger partial charge in [0.2, 0.25) is 0 Å². The first-order chi connectivity index (χ1) is 6.33. The van der Waals surface area contributed by atoms with Crippen LogP contribution in [-0.2, 0) is 6.54 Å². The van der Waals surface area contributed by atoms with Crippen molar-refractivity contribution in [3.8, 4) is 11.5 Å². The van der Waals surface area contributed by atoms with Crippen LogP contribution in [0.1, 0.15) is 5.56 Å². The normalized spacial score (nSPS) is 9.77. The minimum Gasteiger partial charge on any atom is -0.496 e. The molecule has 0 heterocycles. The molecule has 0 fully saturated rings. The fourth-order valence-electron chi connectivity index (χ4n) is 1.28. The Morgan fingerprint density at radius 1 is 1.15 bits per heavy atom. The van der Waals surface area contributed by atoms with Crippen molar-refractivity contribution in [1.82, 2.24) is 5.32 Å². The molecule has 0 radical (unpaired) electrons. The summed E-state index contributed by atoms with van der Waals surface area (Å²) in [6.45, 7) is 0.743. The quantitative estimate of drug-likeness (QED) is 0.762. The van der Waals surface area contributed by atoms with Crippen LogP contribution in [0.5, 0.6) is 11.5 Å². The number of methoxy groups -OCH3 is 2. The van der Waals surface area contributed by atoms with E-state index in [1.54, 1.807) is 14.2 Å². The zero-order valence-corrected chi connectivity index (χ0v) is 8.26. The Morgan fingerprint density at radius 3 is 2.08 bits per heavy atom. The van der Waals surface area contributed by atoms with Crippen LogP contribution < -0.4 is 14.8 Å². The number of ether oxygens (including phenoxy) is 2. The average Bonchev–Trinajstić information content (AvgIpc) is 2.18. The maximum absolute atomic E-state index is 5.22. The molecule has 72 valence electrons. The largest absolute Gasteiger partial charge is 0.496 e. The summed E-state index contributed by atoms with van der Waals surface area (Å²) in [5.74, 6) is 1.71. The van der Waals surface area contributed by atoms with Crippen molar-refractivity contribution in [2.75, 3.05) is 21.3 Å². The van der Waals surface area contributed by atoms with Gasteiger partial charge in [0.05, 0.1) is 14.2 Å². The third-order valence-electron chi connectivity index (χ3n) is 1.88. The molecule has 3 heteroatoms. The van der Waals surface area contributed by atoms with Crippen LogP contribution in [0.15, 0.2) is 18.2 Å². The van der Waals surface area contributed by atoms with E-state index in [1.165, 1.54) is 0 Å². The van der Waals surface area contributed by atoms with Crippen LogP contribution in [0.2, 0.25) is 0 Å². The second kappa shape index (κ2) is 4.72. The summed E-state index contributed by atoms with van der Waals surface area (Å²) in [5.41, 5.74) is 1.05. The maximum Gasteiger partial charge on any atom is 0.127 e. The van der Waals surface area contributed by atoms with Gasteiger partial charge in [-0.05, 0) is 19.2 Å². The predicted molar refractivity (Wildman–Crippen MR) is 52.3 cm³/mol. The molecule has 13 heavy (non-hydrogen) atoms. The van der Waals surface area contributed by atoms with Crippen LogP contribution >= 0.6 is 0 Å². The van der Waals surface area contributed by atoms with Crippen LogP contribution in [0.3, 0.4) is 0 Å². The van der Waals surface area contributed by atoms with E-state index in [-0.39, 0.29) is 0 Å². The zero-order valence-electron chi connectivity index (χ0n) is 8.26. The third-order valence-corrected chi connectivity index (χ3v) is 1.88. The average molecular weight is 181 g/mol. The highest BCUT2D eigenvalue weighted by molar-refractivity contribution is 5.44. The molecule has 0 amide bonds. The Labute approximate surface area is 78.7 Å². The summed E-state index contributed by atoms with van der Waals surface area (Å²) in [7, 11) is 5.22. The molecule has 0 aliphatic heterocycles. The first kappa shape index (κ1) is 9.86. The van der Waals surface area contributed by atoms with Crippen molar-refractivity contribution in [3.63, 3.8) is 0 Å². The van der Waals surface area contributed by atoms with Crippen LogP contribution in [0.25, 0.3) is 0 Å². The lowest BCUT2D eigenvalue weighted by atomic mass is 10.2. The Bertz CT molecular complexity index is 251. The molecule has 0 bridgehead atoms. The lowest BCUT2D eigenvalue weighted by molar-refractivity contribution is 0.383. The van der Waals surface area contributed by atoms with Gasteiger partial charge in [-0.2, -0.15) is 0 Å². The van der Waals surface area contributed by atoms with Crippen molar-refractivity contribution in [1.29, 1.82) is 0 Å². The van der Waals surface area contributed by atoms with Gasteiger partial charge in [0.15, 0.2) is 0 Å². The Kier molecular flexibility index (Phi) is 3.58. The summed E-state index contributed by atoms with van der Waals surface area (Å²) >= 11 is 0. The fraction of sp³-hybridized carbons (Fsp3) is 0.400. The Balaban J connectivity index is 3.05. The van der Waals surface area contributed by atoms with E-state index in [2.05, 4.69) is 5.32 Å². The minimum absolute atomic E-state index is 0.743. The Hall–Kier alpha value is -1.22. The maximum atomic E-state index is 5.22. The minimum atomic E-state index is 0.743. The molecule has 1 aromatic carbocycles. The van der Waals surface area contributed by atoms with Gasteiger partial charge in [-0.1, -0.05) is 6.07 Å². The van der Waals surface area contributed by atoms with Crippen molar-refractivity contribution < 1.29 is 9.47 Å². The van der Waals surface area contributed by atoms with E-state index in [1.807, 2.05) is 25.2 Å². The van der Waals surface area contributed by atoms with Crippen LogP contribution in [-0.4, -0.2) is 21.3 Å². The van der Waals surface area contributed by atoms with Crippen molar-refractivity contribution in [2.45, 2.75) is 6.54 Å². The first-order valence-electron chi connectivity index (χ1n) is 4.18. The number of hydrogen-bond donors (Lipinski definition) is 1. The Morgan fingerprint density at radius 2 is 1.69 bits per heavy atom. The molecule has 1 aromatic rings. The van der Waals surface area contributed by atoms with Gasteiger partial charge in [0.1, 0.15) is 11.5 Å². The standard InChI is InChI=1S/C10H15NO2/c1-11-7-8-9(12-2)5-4-6-10(8)13-3/h4-6,11H,7H2,1-3H3. The smallest absolute Gasteiger partial charge is 0.127 e. The number of benzene rings is 1. The molecule has 0 saturated carbocycles. The lowest BCUT2D eigenvalue weighted by Crippen LogP contribution is -2.08. The molecular weight excluding hydrogens is 166 g/mol. The number of rotatable bonds is 4. The summed E-state index contributed by atoms with van der Waals surface area (Å²) in [4.78, 5) is 0. The molecule has 3 nitrogen and oxygen atoms in total. The van der Waals surface area contributed by atoms with E-state index in [4.69, 9.17) is 9.47 Å². The highest BCUT2D eigenvalue weighted by Crippen LogP contribution is 2.27. The van der Waals surface area contributed by atoms with Crippen molar-refractivity contribution in [3.05, 3.63) is 23.8 Å². The lowest BCUT2D eigenvalue weighted by Gasteiger charge is -2.11. The SMILES string of the molecule is CNCc1c(OC)cccc1OC. The van der Waals surface area contributed by atoms with Gasteiger partial charge in [-0.15, -0.1) is 0 Å². The van der Waals surface area contributed by atoms with Gasteiger partial charge < -0.3 is 14.8 Å². The molecule has 1 rings (SSSR count). The molecule has 0 aliphatic carbocycles. The van der Waals surface area contributed by atoms with E-state index < -0.39 is 0 Å². The highest BCUT2D eigenvalue weighted by Gasteiger charge is 2.07. The summed E-state index contributed by atoms with van der Waals surface area (Å²) in [6, 6.07) is 5.77. The third kappa shape index (κ3) is 2.12. The van der Waals surface area contributed by atoms with Crippen LogP contribution in [0, 0.1) is 0 Å². The fourth-order valence-corrected chi connectivity index (χ4v) is 1.28. The van der Waals surface area contributed by atoms with Gasteiger partial charge in [-0.3, -0.25) is 0 Å². The molecule has 0 saturated heterocycles. The van der Waals surface area contributed by atoms with Crippen molar-refractivity contribution in [2.24, 2.45) is 0 Å². The topological polar surface area (TPSA) is 30.5 Å². The number of hydrogen-bond acceptors (Lipinski definition) is 3.